The SMILES string of the molecule is CCc1ccc2c(c1)C(Nc1cccc3ncccc13)c1ccccc1CO2. The zero-order valence-corrected chi connectivity index (χ0v) is 15.9. The lowest BCUT2D eigenvalue weighted by atomic mass is 9.93. The van der Waals surface area contributed by atoms with E-state index in [2.05, 4.69) is 77.9 Å². The Morgan fingerprint density at radius 3 is 2.82 bits per heavy atom. The minimum absolute atomic E-state index is 0.0195. The maximum Gasteiger partial charge on any atom is 0.125 e. The molecule has 0 saturated carbocycles. The number of pyridine rings is 1. The molecule has 3 nitrogen and oxygen atoms in total. The Kier molecular flexibility index (Phi) is 4.21. The van der Waals surface area contributed by atoms with Crippen molar-refractivity contribution in [3.8, 4) is 5.75 Å². The van der Waals surface area contributed by atoms with E-state index in [1.807, 2.05) is 18.3 Å². The lowest BCUT2D eigenvalue weighted by Gasteiger charge is -2.23. The molecule has 1 aliphatic rings. The minimum Gasteiger partial charge on any atom is -0.489 e. The topological polar surface area (TPSA) is 34.2 Å². The molecule has 0 fully saturated rings. The Hall–Kier alpha value is -3.33. The molecule has 1 atom stereocenters. The van der Waals surface area contributed by atoms with Crippen LogP contribution in [0.1, 0.15) is 35.2 Å². The molecule has 0 aliphatic carbocycles. The molecule has 5 rings (SSSR count). The number of aromatic nitrogens is 1. The average molecular weight is 366 g/mol. The van der Waals surface area contributed by atoms with Crippen LogP contribution in [0, 0.1) is 0 Å². The molecule has 138 valence electrons. The van der Waals surface area contributed by atoms with Crippen LogP contribution in [-0.4, -0.2) is 4.98 Å². The Morgan fingerprint density at radius 1 is 0.964 bits per heavy atom. The fourth-order valence-corrected chi connectivity index (χ4v) is 3.99. The molecule has 3 aromatic carbocycles. The smallest absolute Gasteiger partial charge is 0.125 e. The maximum atomic E-state index is 6.18. The van der Waals surface area contributed by atoms with Crippen LogP contribution in [0.3, 0.4) is 0 Å². The Bertz CT molecular complexity index is 1150. The monoisotopic (exact) mass is 366 g/mol. The Labute approximate surface area is 165 Å². The summed E-state index contributed by atoms with van der Waals surface area (Å²) >= 11 is 0. The van der Waals surface area contributed by atoms with Gasteiger partial charge in [-0.1, -0.05) is 43.3 Å². The normalized spacial score (nSPS) is 15.2. The summed E-state index contributed by atoms with van der Waals surface area (Å²) < 4.78 is 6.18. The van der Waals surface area contributed by atoms with Crippen LogP contribution in [0.5, 0.6) is 5.75 Å². The summed E-state index contributed by atoms with van der Waals surface area (Å²) in [6, 6.07) is 25.4. The van der Waals surface area contributed by atoms with Crippen molar-refractivity contribution in [3.05, 3.63) is 101 Å². The van der Waals surface area contributed by atoms with Crippen LogP contribution in [0.2, 0.25) is 0 Å². The molecule has 0 saturated heterocycles. The van der Waals surface area contributed by atoms with Gasteiger partial charge in [0.25, 0.3) is 0 Å². The summed E-state index contributed by atoms with van der Waals surface area (Å²) in [7, 11) is 0. The second-order valence-corrected chi connectivity index (χ2v) is 7.17. The zero-order chi connectivity index (χ0) is 18.9. The fraction of sp³-hybridized carbons (Fsp3) is 0.160. The van der Waals surface area contributed by atoms with E-state index in [1.54, 1.807) is 0 Å². The van der Waals surface area contributed by atoms with E-state index in [9.17, 15) is 0 Å². The summed E-state index contributed by atoms with van der Waals surface area (Å²) in [6.07, 6.45) is 2.84. The number of hydrogen-bond donors (Lipinski definition) is 1. The second-order valence-electron chi connectivity index (χ2n) is 7.17. The highest BCUT2D eigenvalue weighted by molar-refractivity contribution is 5.91. The van der Waals surface area contributed by atoms with Gasteiger partial charge in [0.1, 0.15) is 12.4 Å². The van der Waals surface area contributed by atoms with Crippen molar-refractivity contribution in [1.29, 1.82) is 0 Å². The van der Waals surface area contributed by atoms with Crippen molar-refractivity contribution in [1.82, 2.24) is 4.98 Å². The van der Waals surface area contributed by atoms with Gasteiger partial charge >= 0.3 is 0 Å². The molecule has 28 heavy (non-hydrogen) atoms. The third-order valence-electron chi connectivity index (χ3n) is 5.49. The van der Waals surface area contributed by atoms with Crippen LogP contribution in [0.15, 0.2) is 79.0 Å². The number of nitrogens with zero attached hydrogens (tertiary/aromatic N) is 1. The average Bonchev–Trinajstić information content (AvgIpc) is 2.91. The number of aryl methyl sites for hydroxylation is 1. The van der Waals surface area contributed by atoms with E-state index in [0.29, 0.717) is 6.61 Å². The van der Waals surface area contributed by atoms with Crippen molar-refractivity contribution in [3.63, 3.8) is 0 Å². The van der Waals surface area contributed by atoms with Gasteiger partial charge in [-0.2, -0.15) is 0 Å². The van der Waals surface area contributed by atoms with Gasteiger partial charge in [-0.15, -0.1) is 0 Å². The molecule has 1 unspecified atom stereocenters. The quantitative estimate of drug-likeness (QED) is 0.491. The van der Waals surface area contributed by atoms with Crippen molar-refractivity contribution >= 4 is 16.6 Å². The van der Waals surface area contributed by atoms with Crippen molar-refractivity contribution in [2.45, 2.75) is 26.0 Å². The summed E-state index contributed by atoms with van der Waals surface area (Å²) in [5.41, 5.74) is 7.05. The highest BCUT2D eigenvalue weighted by Crippen LogP contribution is 2.39. The van der Waals surface area contributed by atoms with Gasteiger partial charge in [0.05, 0.1) is 11.6 Å². The lowest BCUT2D eigenvalue weighted by molar-refractivity contribution is 0.306. The van der Waals surface area contributed by atoms with Crippen molar-refractivity contribution < 1.29 is 4.74 Å². The van der Waals surface area contributed by atoms with Gasteiger partial charge < -0.3 is 10.1 Å². The van der Waals surface area contributed by atoms with E-state index < -0.39 is 0 Å². The molecule has 0 bridgehead atoms. The molecule has 0 spiro atoms. The van der Waals surface area contributed by atoms with Crippen LogP contribution in [0.4, 0.5) is 5.69 Å². The third kappa shape index (κ3) is 2.89. The van der Waals surface area contributed by atoms with Gasteiger partial charge in [-0.05, 0) is 59.5 Å². The number of rotatable bonds is 3. The molecule has 1 N–H and O–H groups in total. The fourth-order valence-electron chi connectivity index (χ4n) is 3.99. The van der Waals surface area contributed by atoms with E-state index in [1.165, 1.54) is 22.3 Å². The van der Waals surface area contributed by atoms with E-state index >= 15 is 0 Å². The van der Waals surface area contributed by atoms with Crippen LogP contribution in [0.25, 0.3) is 10.9 Å². The first-order chi connectivity index (χ1) is 13.8. The van der Waals surface area contributed by atoms with E-state index in [0.717, 1.165) is 28.8 Å². The first kappa shape index (κ1) is 16.8. The summed E-state index contributed by atoms with van der Waals surface area (Å²) in [6.45, 7) is 2.77. The Balaban J connectivity index is 1.69. The van der Waals surface area contributed by atoms with E-state index in [4.69, 9.17) is 4.74 Å². The molecule has 0 radical (unpaired) electrons. The standard InChI is InChI=1S/C25H22N2O/c1-2-17-12-13-24-21(15-17)25(19-8-4-3-7-18(19)16-28-24)27-23-11-5-10-22-20(23)9-6-14-26-22/h3-15,25,27H,2,16H2,1H3. The zero-order valence-electron chi connectivity index (χ0n) is 15.9. The molecule has 4 aromatic rings. The predicted octanol–water partition coefficient (Wildman–Crippen LogP) is 5.89. The summed E-state index contributed by atoms with van der Waals surface area (Å²) in [5, 5.41) is 4.93. The van der Waals surface area contributed by atoms with Crippen LogP contribution >= 0.6 is 0 Å². The molecule has 2 heterocycles. The number of ether oxygens (including phenoxy) is 1. The molecule has 0 amide bonds. The second kappa shape index (κ2) is 7.01. The third-order valence-corrected chi connectivity index (χ3v) is 5.49. The highest BCUT2D eigenvalue weighted by Gasteiger charge is 2.25. The maximum absolute atomic E-state index is 6.18. The summed E-state index contributed by atoms with van der Waals surface area (Å²) in [5.74, 6) is 0.948. The largest absolute Gasteiger partial charge is 0.489 e. The number of benzene rings is 3. The van der Waals surface area contributed by atoms with Gasteiger partial charge in [-0.3, -0.25) is 4.98 Å². The van der Waals surface area contributed by atoms with Gasteiger partial charge in [0.15, 0.2) is 0 Å². The summed E-state index contributed by atoms with van der Waals surface area (Å²) in [4.78, 5) is 4.50. The number of fused-ring (bicyclic) bond motifs is 3. The molecule has 1 aliphatic heterocycles. The number of hydrogen-bond acceptors (Lipinski definition) is 3. The van der Waals surface area contributed by atoms with Crippen LogP contribution < -0.4 is 10.1 Å². The molecule has 3 heteroatoms. The molecule has 1 aromatic heterocycles. The van der Waals surface area contributed by atoms with E-state index in [-0.39, 0.29) is 6.04 Å². The molecular formula is C25H22N2O. The van der Waals surface area contributed by atoms with Crippen LogP contribution in [-0.2, 0) is 13.0 Å². The van der Waals surface area contributed by atoms with Gasteiger partial charge in [0, 0.05) is 22.8 Å². The Morgan fingerprint density at radius 2 is 1.89 bits per heavy atom. The number of anilines is 1. The van der Waals surface area contributed by atoms with Gasteiger partial charge in [-0.25, -0.2) is 0 Å². The number of nitrogens with one attached hydrogen (secondary N) is 1. The van der Waals surface area contributed by atoms with Crippen molar-refractivity contribution in [2.75, 3.05) is 5.32 Å². The minimum atomic E-state index is 0.0195. The lowest BCUT2D eigenvalue weighted by Crippen LogP contribution is -2.13. The van der Waals surface area contributed by atoms with Gasteiger partial charge in [0.2, 0.25) is 0 Å². The predicted molar refractivity (Wildman–Crippen MR) is 114 cm³/mol. The van der Waals surface area contributed by atoms with Crippen molar-refractivity contribution in [2.24, 2.45) is 0 Å². The first-order valence-electron chi connectivity index (χ1n) is 9.77. The first-order valence-corrected chi connectivity index (χ1v) is 9.77. The highest BCUT2D eigenvalue weighted by atomic mass is 16.5. The molecular weight excluding hydrogens is 344 g/mol.